The van der Waals surface area contributed by atoms with Crippen LogP contribution in [-0.4, -0.2) is 204 Å². The summed E-state index contributed by atoms with van der Waals surface area (Å²) in [6.07, 6.45) is 10.7. The Labute approximate surface area is 718 Å². The van der Waals surface area contributed by atoms with Gasteiger partial charge in [0.05, 0.1) is 49.9 Å². The second kappa shape index (κ2) is 40.3. The highest BCUT2D eigenvalue weighted by atomic mass is 32.2. The number of hydrogen-bond donors (Lipinski definition) is 14. The SMILES string of the molecule is CN1C(=CC=C(C=CC2=[N+](C)c3ccc4c(S(=O)(=O)O)cc(S(=O)(=O)O)cc4c3C2(C)CCCS(=O)(=O)O)c2ccc(CCCCC(=O)NCCCCCC(=O)NCCCCCC(=O)NC/C=C/c3cn([C@H]4C[C@H](O)[C@@H](COP(=O)(O)OP(=O)(O)OP(=O)(O)O)O4)c(=O)[nH]c3=O)cc2)C(C)(CCCS(=O)(=O)O)c2c1ccc1c(S(=O)(=O)[O-])cc(S(=O)(=O)O)cc21. The number of likely N-dealkylation sites (N-methyl/N-ethyl adjacent to an activating group) is 1. The summed E-state index contributed by atoms with van der Waals surface area (Å²) in [6.45, 7) is 2.99. The maximum atomic E-state index is 13.0. The number of aliphatic hydroxyl groups is 1. The van der Waals surface area contributed by atoms with Gasteiger partial charge in [-0.15, -0.1) is 0 Å². The van der Waals surface area contributed by atoms with Crippen molar-refractivity contribution in [2.24, 2.45) is 0 Å². The maximum Gasteiger partial charge on any atom is 0.490 e. The fourth-order valence-electron chi connectivity index (χ4n) is 15.4. The predicted octanol–water partition coefficient (Wildman–Crippen LogP) is 6.63. The number of H-pyrrole nitrogens is 1. The molecule has 42 nitrogen and oxygen atoms in total. The Hall–Kier alpha value is -8.07. The third-order valence-corrected chi connectivity index (χ3v) is 30.0. The van der Waals surface area contributed by atoms with Gasteiger partial charge in [0, 0.05) is 98.5 Å². The van der Waals surface area contributed by atoms with E-state index >= 15 is 0 Å². The smallest absolute Gasteiger partial charge is 0.490 e. The molecule has 3 amide bonds. The van der Waals surface area contributed by atoms with Crippen molar-refractivity contribution >= 4 is 152 Å². The van der Waals surface area contributed by atoms with E-state index in [4.69, 9.17) is 14.5 Å². The Morgan fingerprint density at radius 1 is 0.640 bits per heavy atom. The standard InChI is InChI=1S/C74H94N7O35P3S6/c1-73(33-14-38-120(95,96)97)63(79(3)57-29-27-53-55(69(57)73)40-51(122(101,102)103)42-61(53)124(107,108)109)31-25-49(26-32-64-74(2,34-15-39-121(98,99)100)70-56-41-52(123(104,105)106)43-62(125(110,111)112)54(56)28-30-58(70)80(64)4)48-23-21-47(22-24-48)16-9-10-20-67(85)76-36-12-5-7-18-65(83)75-35-11-6-8-19-66(84)77-37-13-17-50-45-81(72(87)78-71(50)86)68-44-59(82)60(114-68)46-113-118(91,92)116-119(93,94)115-117(88,89)90/h13,17,21-32,40-43,45,59-60,68,82H,5-12,14-16,18-20,33-39,44,46H2,1-4H3,(H13-,75,76,77,78,83,84,85,86,87,88,89,90,91,92,93,94,95,96,97,98,99,100,101,102,103,104,105,106,107,108,109,110,111,112)/b17-13+/t59-,60+,68+,73?,74?/m0/s1. The lowest BCUT2D eigenvalue weighted by Gasteiger charge is -2.29. The summed E-state index contributed by atoms with van der Waals surface area (Å²) < 4.78 is 270. The average molecular weight is 1930 g/mol. The zero-order valence-corrected chi connectivity index (χ0v) is 74.9. The molecule has 0 aliphatic carbocycles. The van der Waals surface area contributed by atoms with Gasteiger partial charge in [0.2, 0.25) is 23.4 Å². The number of carbonyl (C=O) groups is 3. The summed E-state index contributed by atoms with van der Waals surface area (Å²) in [5, 5.41) is 18.3. The first kappa shape index (κ1) is 101. The molecule has 3 aliphatic rings. The van der Waals surface area contributed by atoms with Crippen LogP contribution in [0.15, 0.2) is 144 Å². The second-order valence-electron chi connectivity index (χ2n) is 30.3. The molecule has 4 heterocycles. The van der Waals surface area contributed by atoms with E-state index in [-0.39, 0.29) is 114 Å². The number of amides is 3. The highest BCUT2D eigenvalue weighted by Crippen LogP contribution is 2.66. The molecule has 7 atom stereocenters. The number of benzene rings is 5. The molecule has 9 rings (SSSR count). The van der Waals surface area contributed by atoms with E-state index in [1.165, 1.54) is 36.4 Å². The molecule has 0 saturated carbocycles. The van der Waals surface area contributed by atoms with Crippen molar-refractivity contribution in [1.82, 2.24) is 25.5 Å². The lowest BCUT2D eigenvalue weighted by Crippen LogP contribution is -2.33. The van der Waals surface area contributed by atoms with E-state index in [9.17, 15) is 130 Å². The van der Waals surface area contributed by atoms with Crippen LogP contribution in [-0.2, 0) is 124 Å². The van der Waals surface area contributed by atoms with Crippen molar-refractivity contribution in [2.75, 3.05) is 56.7 Å². The molecule has 0 radical (unpaired) electrons. The molecule has 6 aromatic rings. The molecule has 0 bridgehead atoms. The normalized spacial score (nSPS) is 20.0. The van der Waals surface area contributed by atoms with Gasteiger partial charge in [0.25, 0.3) is 56.1 Å². The molecule has 4 unspecified atom stereocenters. The van der Waals surface area contributed by atoms with Crippen LogP contribution in [0.3, 0.4) is 0 Å². The van der Waals surface area contributed by atoms with E-state index < -0.39 is 162 Å². The fraction of sp³-hybridized carbons (Fsp3) is 0.432. The summed E-state index contributed by atoms with van der Waals surface area (Å²) in [4.78, 5) is 99.9. The van der Waals surface area contributed by atoms with Gasteiger partial charge in [-0.05, 0) is 171 Å². The molecule has 14 N–H and O–H groups in total. The molecule has 51 heteroatoms. The summed E-state index contributed by atoms with van der Waals surface area (Å²) in [6, 6.07) is 15.9. The summed E-state index contributed by atoms with van der Waals surface area (Å²) in [5.41, 5.74) is -1.16. The van der Waals surface area contributed by atoms with Gasteiger partial charge in [-0.1, -0.05) is 61.4 Å². The lowest BCUT2D eigenvalue weighted by molar-refractivity contribution is -0.401. The third kappa shape index (κ3) is 27.0. The fourth-order valence-corrected chi connectivity index (χ4v) is 22.1. The van der Waals surface area contributed by atoms with Crippen LogP contribution in [0.4, 0.5) is 11.4 Å². The first-order chi connectivity index (χ1) is 57.9. The Balaban J connectivity index is 0.797. The van der Waals surface area contributed by atoms with Gasteiger partial charge in [-0.25, -0.2) is 26.9 Å². The minimum atomic E-state index is -5.83. The third-order valence-electron chi connectivity index (χ3n) is 21.2. The molecule has 686 valence electrons. The van der Waals surface area contributed by atoms with E-state index in [1.807, 2.05) is 12.1 Å². The van der Waals surface area contributed by atoms with Crippen molar-refractivity contribution in [1.29, 1.82) is 0 Å². The van der Waals surface area contributed by atoms with Gasteiger partial charge >= 0.3 is 29.2 Å². The first-order valence-electron chi connectivity index (χ1n) is 38.4. The van der Waals surface area contributed by atoms with Gasteiger partial charge in [0.1, 0.15) is 34.4 Å². The van der Waals surface area contributed by atoms with Gasteiger partial charge in [-0.3, -0.25) is 56.0 Å². The Kier molecular flexibility index (Phi) is 32.5. The number of aromatic amines is 1. The number of allylic oxidation sites excluding steroid dienone is 6. The van der Waals surface area contributed by atoms with Crippen molar-refractivity contribution in [2.45, 2.75) is 172 Å². The molecular weight excluding hydrogens is 1830 g/mol. The van der Waals surface area contributed by atoms with Gasteiger partial charge in [0.15, 0.2) is 5.71 Å². The number of ether oxygens (including phenoxy) is 1. The number of unbranched alkanes of at least 4 members (excludes halogenated alkanes) is 5. The quantitative estimate of drug-likeness (QED) is 0.00627. The number of fused-ring (bicyclic) bond motifs is 6. The number of rotatable bonds is 44. The van der Waals surface area contributed by atoms with E-state index in [2.05, 4.69) is 34.1 Å². The van der Waals surface area contributed by atoms with E-state index in [0.717, 1.165) is 28.5 Å². The van der Waals surface area contributed by atoms with Crippen molar-refractivity contribution < 1.29 is 153 Å². The summed E-state index contributed by atoms with van der Waals surface area (Å²) >= 11 is 0. The summed E-state index contributed by atoms with van der Waals surface area (Å²) in [7, 11) is -44.1. The number of aliphatic hydroxyl groups excluding tert-OH is 1. The van der Waals surface area contributed by atoms with Crippen molar-refractivity contribution in [3.63, 3.8) is 0 Å². The first-order valence-corrected chi connectivity index (χ1v) is 51.9. The average Bonchev–Trinajstić information content (AvgIpc) is 1.57. The molecular formula is C74H94N7O35P3S6. The predicted molar refractivity (Wildman–Crippen MR) is 450 cm³/mol. The van der Waals surface area contributed by atoms with E-state index in [1.54, 1.807) is 73.9 Å². The number of carbonyl (C=O) groups excluding carboxylic acids is 3. The number of aryl methyl sites for hydroxylation is 1. The Morgan fingerprint density at radius 3 is 1.73 bits per heavy atom. The van der Waals surface area contributed by atoms with Crippen LogP contribution in [0.1, 0.15) is 151 Å². The number of phosphoric acid groups is 3. The van der Waals surface area contributed by atoms with Crippen LogP contribution in [0, 0.1) is 0 Å². The topological polar surface area (TPSA) is 667 Å². The lowest BCUT2D eigenvalue weighted by atomic mass is 9.74. The highest BCUT2D eigenvalue weighted by Gasteiger charge is 2.50. The largest absolute Gasteiger partial charge is 0.744 e. The maximum absolute atomic E-state index is 13.0. The van der Waals surface area contributed by atoms with Crippen LogP contribution in [0.5, 0.6) is 0 Å². The number of hydrogen-bond acceptors (Lipinski definition) is 27. The molecule has 1 fully saturated rings. The molecule has 1 aromatic heterocycles. The second-order valence-corrected chi connectivity index (χ2v) is 43.4. The van der Waals surface area contributed by atoms with Gasteiger partial charge in [-0.2, -0.15) is 55.3 Å². The van der Waals surface area contributed by atoms with Crippen LogP contribution in [0.2, 0.25) is 0 Å². The van der Waals surface area contributed by atoms with E-state index in [0.29, 0.717) is 117 Å². The zero-order chi connectivity index (χ0) is 92.6. The number of anilines is 1. The zero-order valence-electron chi connectivity index (χ0n) is 67.3. The highest BCUT2D eigenvalue weighted by molar-refractivity contribution is 7.87. The van der Waals surface area contributed by atoms with Crippen molar-refractivity contribution in [3.8, 4) is 0 Å². The van der Waals surface area contributed by atoms with Crippen LogP contribution < -0.4 is 32.1 Å². The molecule has 1 saturated heterocycles. The molecule has 5 aromatic carbocycles. The van der Waals surface area contributed by atoms with Crippen LogP contribution >= 0.6 is 23.5 Å². The Morgan fingerprint density at radius 2 is 1.18 bits per heavy atom. The van der Waals surface area contributed by atoms with Crippen molar-refractivity contribution in [3.05, 3.63) is 164 Å². The number of nitrogens with one attached hydrogen (secondary N) is 4. The Bertz CT molecular complexity index is 6380. The molecule has 125 heavy (non-hydrogen) atoms. The summed E-state index contributed by atoms with van der Waals surface area (Å²) in [5.74, 6) is -2.21. The monoisotopic (exact) mass is 1930 g/mol. The number of nitrogens with zero attached hydrogens (tertiary/aromatic N) is 3. The van der Waals surface area contributed by atoms with Crippen LogP contribution in [0.25, 0.3) is 33.2 Å². The number of aromatic nitrogens is 2. The molecule has 3 aliphatic heterocycles. The number of phosphoric ester groups is 1. The van der Waals surface area contributed by atoms with Gasteiger partial charge < -0.3 is 54.8 Å². The molecule has 0 spiro atoms. The minimum absolute atomic E-state index is 0.0300. The minimum Gasteiger partial charge on any atom is -0.744 e.